The lowest BCUT2D eigenvalue weighted by molar-refractivity contribution is -0.139. The van der Waals surface area contributed by atoms with Crippen molar-refractivity contribution in [2.75, 3.05) is 33.4 Å². The molecule has 5 heteroatoms. The zero-order valence-electron chi connectivity index (χ0n) is 18.8. The Morgan fingerprint density at radius 2 is 2.03 bits per heavy atom. The van der Waals surface area contributed by atoms with E-state index in [1.807, 2.05) is 6.07 Å². The quantitative estimate of drug-likeness (QED) is 0.546. The number of carbonyl (C=O) groups is 1. The third-order valence-corrected chi connectivity index (χ3v) is 6.34. The molecule has 2 aromatic rings. The summed E-state index contributed by atoms with van der Waals surface area (Å²) >= 11 is 0. The van der Waals surface area contributed by atoms with E-state index in [0.717, 1.165) is 56.6 Å². The molecule has 2 aliphatic rings. The number of esters is 1. The number of hydrogen-bond donors (Lipinski definition) is 0. The molecule has 0 bridgehead atoms. The Morgan fingerprint density at radius 1 is 1.19 bits per heavy atom. The number of benzene rings is 2. The van der Waals surface area contributed by atoms with Crippen LogP contribution in [0.2, 0.25) is 0 Å². The van der Waals surface area contributed by atoms with Gasteiger partial charge >= 0.3 is 5.97 Å². The summed E-state index contributed by atoms with van der Waals surface area (Å²) in [5.74, 6) is 0.673. The topological polar surface area (TPSA) is 38.8 Å². The lowest BCUT2D eigenvalue weighted by atomic mass is 9.92. The molecule has 170 valence electrons. The summed E-state index contributed by atoms with van der Waals surface area (Å²) in [7, 11) is 1.43. The number of rotatable bonds is 8. The molecule has 1 aliphatic heterocycles. The van der Waals surface area contributed by atoms with Crippen molar-refractivity contribution in [1.82, 2.24) is 4.90 Å². The van der Waals surface area contributed by atoms with Crippen LogP contribution in [-0.2, 0) is 22.4 Å². The molecule has 0 spiro atoms. The van der Waals surface area contributed by atoms with Crippen LogP contribution >= 0.6 is 0 Å². The summed E-state index contributed by atoms with van der Waals surface area (Å²) in [5, 5.41) is 0. The van der Waals surface area contributed by atoms with E-state index in [1.54, 1.807) is 0 Å². The van der Waals surface area contributed by atoms with E-state index in [0.29, 0.717) is 12.8 Å². The van der Waals surface area contributed by atoms with Crippen LogP contribution in [0.5, 0.6) is 5.75 Å². The molecule has 32 heavy (non-hydrogen) atoms. The second-order valence-electron chi connectivity index (χ2n) is 8.65. The minimum absolute atomic E-state index is 0.173. The smallest absolute Gasteiger partial charge is 0.309 e. The third kappa shape index (κ3) is 5.57. The van der Waals surface area contributed by atoms with Crippen molar-refractivity contribution in [3.8, 4) is 5.75 Å². The monoisotopic (exact) mass is 437 g/mol. The first-order chi connectivity index (χ1) is 15.7. The highest BCUT2D eigenvalue weighted by molar-refractivity contribution is 5.82. The number of hydrogen-bond acceptors (Lipinski definition) is 4. The van der Waals surface area contributed by atoms with Crippen molar-refractivity contribution in [3.05, 3.63) is 70.8 Å². The fourth-order valence-electron chi connectivity index (χ4n) is 4.67. The van der Waals surface area contributed by atoms with Crippen molar-refractivity contribution < 1.29 is 18.7 Å². The van der Waals surface area contributed by atoms with Gasteiger partial charge in [-0.3, -0.25) is 14.1 Å². The number of likely N-dealkylation sites (tertiary alicyclic amines) is 1. The molecule has 0 radical (unpaired) electrons. The van der Waals surface area contributed by atoms with Gasteiger partial charge in [0.05, 0.1) is 20.2 Å². The number of alkyl halides is 1. The largest absolute Gasteiger partial charge is 0.489 e. The van der Waals surface area contributed by atoms with Gasteiger partial charge in [0.15, 0.2) is 0 Å². The molecular formula is C27H32FNO3. The molecule has 1 atom stereocenters. The first kappa shape index (κ1) is 22.5. The maximum atomic E-state index is 12.4. The van der Waals surface area contributed by atoms with Crippen molar-refractivity contribution in [3.63, 3.8) is 0 Å². The highest BCUT2D eigenvalue weighted by Crippen LogP contribution is 2.33. The van der Waals surface area contributed by atoms with Crippen molar-refractivity contribution in [2.45, 2.75) is 44.6 Å². The fourth-order valence-corrected chi connectivity index (χ4v) is 4.67. The normalized spacial score (nSPS) is 18.6. The number of nitrogens with zero attached hydrogens (tertiary/aromatic N) is 1. The molecule has 1 aliphatic carbocycles. The van der Waals surface area contributed by atoms with Gasteiger partial charge in [-0.2, -0.15) is 0 Å². The van der Waals surface area contributed by atoms with E-state index >= 15 is 0 Å². The molecule has 1 fully saturated rings. The Kier molecular flexibility index (Phi) is 7.59. The predicted octanol–water partition coefficient (Wildman–Crippen LogP) is 4.98. The summed E-state index contributed by atoms with van der Waals surface area (Å²) in [5.41, 5.74) is 5.95. The number of carbonyl (C=O) groups excluding carboxylic acids is 1. The van der Waals surface area contributed by atoms with Gasteiger partial charge in [-0.25, -0.2) is 0 Å². The van der Waals surface area contributed by atoms with Gasteiger partial charge in [0.1, 0.15) is 11.9 Å². The van der Waals surface area contributed by atoms with Gasteiger partial charge in [0.2, 0.25) is 0 Å². The zero-order chi connectivity index (χ0) is 22.3. The number of halogens is 1. The lowest BCUT2D eigenvalue weighted by Gasteiger charge is -2.17. The molecule has 4 nitrogen and oxygen atoms in total. The van der Waals surface area contributed by atoms with Crippen LogP contribution in [0.1, 0.15) is 47.9 Å². The zero-order valence-corrected chi connectivity index (χ0v) is 18.8. The van der Waals surface area contributed by atoms with Gasteiger partial charge in [0.25, 0.3) is 0 Å². The summed E-state index contributed by atoms with van der Waals surface area (Å²) in [4.78, 5) is 13.9. The summed E-state index contributed by atoms with van der Waals surface area (Å²) < 4.78 is 23.4. The first-order valence-electron chi connectivity index (χ1n) is 11.6. The Balaban J connectivity index is 1.45. The van der Waals surface area contributed by atoms with Gasteiger partial charge in [-0.15, -0.1) is 0 Å². The van der Waals surface area contributed by atoms with Crippen LogP contribution < -0.4 is 4.74 Å². The second-order valence-corrected chi connectivity index (χ2v) is 8.65. The Hall–Kier alpha value is -2.66. The Bertz CT molecular complexity index is 954. The summed E-state index contributed by atoms with van der Waals surface area (Å²) in [6.45, 7) is 2.40. The number of allylic oxidation sites excluding steroid dienone is 1. The molecule has 0 amide bonds. The van der Waals surface area contributed by atoms with Crippen LogP contribution in [-0.4, -0.2) is 50.4 Å². The average molecular weight is 438 g/mol. The maximum Gasteiger partial charge on any atom is 0.309 e. The first-order valence-corrected chi connectivity index (χ1v) is 11.6. The molecule has 0 N–H and O–H groups in total. The maximum absolute atomic E-state index is 12.4. The molecule has 2 aromatic carbocycles. The summed E-state index contributed by atoms with van der Waals surface area (Å²) in [6, 6.07) is 14.7. The van der Waals surface area contributed by atoms with Crippen LogP contribution in [0.25, 0.3) is 5.57 Å². The fraction of sp³-hybridized carbons (Fsp3) is 0.444. The van der Waals surface area contributed by atoms with Gasteiger partial charge in [-0.1, -0.05) is 36.4 Å². The number of aryl methyl sites for hydroxylation is 1. The van der Waals surface area contributed by atoms with E-state index in [2.05, 4.69) is 47.4 Å². The van der Waals surface area contributed by atoms with E-state index < -0.39 is 0 Å². The highest BCUT2D eigenvalue weighted by atomic mass is 19.1. The van der Waals surface area contributed by atoms with Crippen LogP contribution in [0.4, 0.5) is 4.39 Å². The van der Waals surface area contributed by atoms with Gasteiger partial charge in [0, 0.05) is 19.6 Å². The van der Waals surface area contributed by atoms with Crippen LogP contribution in [0, 0.1) is 0 Å². The predicted molar refractivity (Wildman–Crippen MR) is 125 cm³/mol. The molecular weight excluding hydrogens is 405 g/mol. The van der Waals surface area contributed by atoms with E-state index in [-0.39, 0.29) is 18.7 Å². The third-order valence-electron chi connectivity index (χ3n) is 6.34. The van der Waals surface area contributed by atoms with Crippen molar-refractivity contribution >= 4 is 11.5 Å². The number of fused-ring (bicyclic) bond motifs is 1. The van der Waals surface area contributed by atoms with E-state index in [9.17, 15) is 9.18 Å². The van der Waals surface area contributed by atoms with E-state index in [1.165, 1.54) is 29.4 Å². The minimum atomic E-state index is -0.255. The second kappa shape index (κ2) is 10.8. The molecule has 1 saturated heterocycles. The van der Waals surface area contributed by atoms with Crippen molar-refractivity contribution in [2.24, 2.45) is 0 Å². The highest BCUT2D eigenvalue weighted by Gasteiger charge is 2.23. The van der Waals surface area contributed by atoms with Crippen LogP contribution in [0.3, 0.4) is 0 Å². The molecule has 0 saturated carbocycles. The van der Waals surface area contributed by atoms with Crippen LogP contribution in [0.15, 0.2) is 48.5 Å². The van der Waals surface area contributed by atoms with Gasteiger partial charge in [-0.05, 0) is 72.1 Å². The number of methoxy groups -OCH3 is 1. The van der Waals surface area contributed by atoms with Gasteiger partial charge < -0.3 is 9.47 Å². The standard InChI is InChI=1S/C27H32FNO3/c1-31-27(30)18-20-7-12-26-22(17-20)5-2-3-6-25(26)21-8-10-23(11-9-21)32-24-13-16-29(19-24)15-4-14-28/h6-12,17,24H,2-5,13-16,18-19H2,1H3/t24-/m0/s1. The lowest BCUT2D eigenvalue weighted by Crippen LogP contribution is -2.26. The molecule has 1 heterocycles. The number of ether oxygens (including phenoxy) is 2. The van der Waals surface area contributed by atoms with E-state index in [4.69, 9.17) is 9.47 Å². The summed E-state index contributed by atoms with van der Waals surface area (Å²) in [6.07, 6.45) is 7.52. The minimum Gasteiger partial charge on any atom is -0.489 e. The molecule has 0 unspecified atom stereocenters. The Morgan fingerprint density at radius 3 is 2.81 bits per heavy atom. The average Bonchev–Trinajstić information content (AvgIpc) is 3.15. The molecule has 0 aromatic heterocycles. The van der Waals surface area contributed by atoms with Crippen molar-refractivity contribution in [1.29, 1.82) is 0 Å². The SMILES string of the molecule is COC(=O)Cc1ccc2c(c1)CCCC=C2c1ccc(O[C@H]2CCN(CCCF)C2)cc1. The Labute approximate surface area is 190 Å². The molecule has 4 rings (SSSR count).